The highest BCUT2D eigenvalue weighted by atomic mass is 35.5. The van der Waals surface area contributed by atoms with Crippen molar-refractivity contribution in [3.8, 4) is 5.75 Å². The van der Waals surface area contributed by atoms with Gasteiger partial charge in [-0.05, 0) is 57.1 Å². The van der Waals surface area contributed by atoms with Crippen molar-refractivity contribution in [3.63, 3.8) is 0 Å². The first-order valence-electron chi connectivity index (χ1n) is 9.46. The van der Waals surface area contributed by atoms with Gasteiger partial charge < -0.3 is 20.3 Å². The lowest BCUT2D eigenvalue weighted by molar-refractivity contribution is -0.134. The van der Waals surface area contributed by atoms with E-state index in [0.717, 1.165) is 37.4 Å². The van der Waals surface area contributed by atoms with Crippen LogP contribution in [0.5, 0.6) is 5.75 Å². The van der Waals surface area contributed by atoms with E-state index in [1.807, 2.05) is 38.4 Å². The van der Waals surface area contributed by atoms with Crippen LogP contribution in [0.3, 0.4) is 0 Å². The quantitative estimate of drug-likeness (QED) is 0.715. The molecule has 1 heterocycles. The van der Waals surface area contributed by atoms with Crippen LogP contribution in [0.4, 0.5) is 0 Å². The van der Waals surface area contributed by atoms with Crippen molar-refractivity contribution in [2.24, 2.45) is 11.3 Å². The van der Waals surface area contributed by atoms with Gasteiger partial charge in [-0.2, -0.15) is 0 Å². The fraction of sp³-hybridized carbons (Fsp3) is 0.650. The first kappa shape index (κ1) is 24.0. The van der Waals surface area contributed by atoms with Crippen LogP contribution in [-0.2, 0) is 11.3 Å². The number of amides is 1. The van der Waals surface area contributed by atoms with Crippen molar-refractivity contribution >= 4 is 30.7 Å². The third-order valence-corrected chi connectivity index (χ3v) is 5.65. The first-order valence-corrected chi connectivity index (χ1v) is 9.46. The Kier molecular flexibility index (Phi) is 9.88. The number of nitrogens with zero attached hydrogens (tertiary/aromatic N) is 1. The monoisotopic (exact) mass is 417 g/mol. The Morgan fingerprint density at radius 1 is 1.33 bits per heavy atom. The second-order valence-corrected chi connectivity index (χ2v) is 7.71. The van der Waals surface area contributed by atoms with E-state index in [2.05, 4.69) is 15.5 Å². The van der Waals surface area contributed by atoms with E-state index in [9.17, 15) is 4.79 Å². The maximum absolute atomic E-state index is 12.9. The average molecular weight is 418 g/mol. The molecule has 7 heteroatoms. The van der Waals surface area contributed by atoms with Crippen LogP contribution >= 0.6 is 24.8 Å². The molecule has 0 aromatic heterocycles. The van der Waals surface area contributed by atoms with Crippen molar-refractivity contribution in [2.45, 2.75) is 32.2 Å². The van der Waals surface area contributed by atoms with Crippen molar-refractivity contribution in [1.82, 2.24) is 15.5 Å². The van der Waals surface area contributed by atoms with Crippen LogP contribution in [0.25, 0.3) is 0 Å². The summed E-state index contributed by atoms with van der Waals surface area (Å²) in [6, 6.07) is 8.03. The molecule has 1 aliphatic heterocycles. The van der Waals surface area contributed by atoms with Gasteiger partial charge in [0.15, 0.2) is 0 Å². The predicted octanol–water partition coefficient (Wildman–Crippen LogP) is 2.87. The Bertz CT molecular complexity index is 600. The maximum Gasteiger partial charge on any atom is 0.228 e. The zero-order valence-electron chi connectivity index (χ0n) is 16.3. The minimum Gasteiger partial charge on any atom is -0.492 e. The minimum absolute atomic E-state index is 0. The molecule has 2 atom stereocenters. The van der Waals surface area contributed by atoms with Crippen LogP contribution in [0.2, 0.25) is 0 Å². The van der Waals surface area contributed by atoms with E-state index in [-0.39, 0.29) is 36.1 Å². The summed E-state index contributed by atoms with van der Waals surface area (Å²) in [6.07, 6.45) is 4.62. The second kappa shape index (κ2) is 11.1. The SMILES string of the molecule is CN(C)CCOc1cccc(CNC(=O)[C@@]23CCCC[C@H]2CNC3)c1.Cl.Cl. The Morgan fingerprint density at radius 3 is 2.93 bits per heavy atom. The zero-order valence-corrected chi connectivity index (χ0v) is 18.0. The summed E-state index contributed by atoms with van der Waals surface area (Å²) in [6.45, 7) is 3.94. The van der Waals surface area contributed by atoms with E-state index < -0.39 is 0 Å². The van der Waals surface area contributed by atoms with Crippen molar-refractivity contribution in [1.29, 1.82) is 0 Å². The normalized spacial score (nSPS) is 23.7. The molecule has 1 saturated heterocycles. The molecule has 2 fully saturated rings. The number of hydrogen-bond donors (Lipinski definition) is 2. The summed E-state index contributed by atoms with van der Waals surface area (Å²) in [5.74, 6) is 1.59. The molecule has 1 amide bonds. The van der Waals surface area contributed by atoms with Gasteiger partial charge in [0.1, 0.15) is 12.4 Å². The van der Waals surface area contributed by atoms with Crippen LogP contribution < -0.4 is 15.4 Å². The molecule has 2 N–H and O–H groups in total. The fourth-order valence-electron chi connectivity index (χ4n) is 4.14. The number of carbonyl (C=O) groups excluding carboxylic acids is 1. The standard InChI is InChI=1S/C20H31N3O2.2ClH/c1-23(2)10-11-25-18-8-5-6-16(12-18)13-22-19(24)20-9-4-3-7-17(20)14-21-15-20;;/h5-6,8,12,17,21H,3-4,7,9-11,13-15H2,1-2H3,(H,22,24);2*1H/t17-,20+;;/m0../s1. The predicted molar refractivity (Wildman–Crippen MR) is 114 cm³/mol. The van der Waals surface area contributed by atoms with Crippen molar-refractivity contribution < 1.29 is 9.53 Å². The molecule has 0 bridgehead atoms. The first-order chi connectivity index (χ1) is 12.1. The minimum atomic E-state index is -0.182. The van der Waals surface area contributed by atoms with Gasteiger partial charge in [-0.3, -0.25) is 4.79 Å². The number of benzene rings is 1. The molecule has 3 rings (SSSR count). The molecule has 2 aliphatic rings. The van der Waals surface area contributed by atoms with Gasteiger partial charge in [0.2, 0.25) is 5.91 Å². The Balaban J connectivity index is 0.00000182. The zero-order chi connectivity index (χ0) is 17.7. The van der Waals surface area contributed by atoms with Crippen molar-refractivity contribution in [2.75, 3.05) is 40.3 Å². The molecule has 1 aromatic carbocycles. The molecule has 27 heavy (non-hydrogen) atoms. The molecule has 0 spiro atoms. The number of nitrogens with one attached hydrogen (secondary N) is 2. The van der Waals surface area contributed by atoms with E-state index >= 15 is 0 Å². The molecule has 0 unspecified atom stereocenters. The van der Waals surface area contributed by atoms with E-state index in [0.29, 0.717) is 19.1 Å². The summed E-state index contributed by atoms with van der Waals surface area (Å²) < 4.78 is 5.78. The molecule has 1 saturated carbocycles. The highest BCUT2D eigenvalue weighted by Gasteiger charge is 2.49. The number of likely N-dealkylation sites (N-methyl/N-ethyl adjacent to an activating group) is 1. The van der Waals surface area contributed by atoms with E-state index in [1.54, 1.807) is 0 Å². The van der Waals surface area contributed by atoms with Crippen LogP contribution in [-0.4, -0.2) is 51.1 Å². The lowest BCUT2D eigenvalue weighted by atomic mass is 9.67. The Labute approximate surface area is 175 Å². The third kappa shape index (κ3) is 5.98. The number of halogens is 2. The van der Waals surface area contributed by atoms with Crippen LogP contribution in [0, 0.1) is 11.3 Å². The van der Waals surface area contributed by atoms with Crippen molar-refractivity contribution in [3.05, 3.63) is 29.8 Å². The Hall–Kier alpha value is -1.01. The number of ether oxygens (including phenoxy) is 1. The number of hydrogen-bond acceptors (Lipinski definition) is 4. The third-order valence-electron chi connectivity index (χ3n) is 5.65. The van der Waals surface area contributed by atoms with Gasteiger partial charge in [0, 0.05) is 19.6 Å². The number of rotatable bonds is 7. The summed E-state index contributed by atoms with van der Waals surface area (Å²) in [7, 11) is 4.07. The van der Waals surface area contributed by atoms with Gasteiger partial charge >= 0.3 is 0 Å². The molecule has 1 aromatic rings. The average Bonchev–Trinajstić information content (AvgIpc) is 3.05. The topological polar surface area (TPSA) is 53.6 Å². The fourth-order valence-corrected chi connectivity index (χ4v) is 4.14. The van der Waals surface area contributed by atoms with E-state index in [1.165, 1.54) is 19.3 Å². The summed E-state index contributed by atoms with van der Waals surface area (Å²) in [4.78, 5) is 15.0. The lowest BCUT2D eigenvalue weighted by Gasteiger charge is -2.37. The van der Waals surface area contributed by atoms with Gasteiger partial charge in [0.25, 0.3) is 0 Å². The molecule has 154 valence electrons. The van der Waals surface area contributed by atoms with Crippen LogP contribution in [0.1, 0.15) is 31.2 Å². The van der Waals surface area contributed by atoms with Gasteiger partial charge in [0.05, 0.1) is 5.41 Å². The number of carbonyl (C=O) groups is 1. The van der Waals surface area contributed by atoms with Gasteiger partial charge in [-0.25, -0.2) is 0 Å². The highest BCUT2D eigenvalue weighted by molar-refractivity contribution is 5.85. The van der Waals surface area contributed by atoms with E-state index in [4.69, 9.17) is 4.74 Å². The number of fused-ring (bicyclic) bond motifs is 1. The maximum atomic E-state index is 12.9. The summed E-state index contributed by atoms with van der Waals surface area (Å²) in [5.41, 5.74) is 0.906. The summed E-state index contributed by atoms with van der Waals surface area (Å²) >= 11 is 0. The summed E-state index contributed by atoms with van der Waals surface area (Å²) in [5, 5.41) is 6.63. The lowest BCUT2D eigenvalue weighted by Crippen LogP contribution is -2.47. The van der Waals surface area contributed by atoms with Crippen LogP contribution in [0.15, 0.2) is 24.3 Å². The smallest absolute Gasteiger partial charge is 0.228 e. The largest absolute Gasteiger partial charge is 0.492 e. The molecule has 5 nitrogen and oxygen atoms in total. The van der Waals surface area contributed by atoms with Gasteiger partial charge in [-0.15, -0.1) is 24.8 Å². The molecule has 1 aliphatic carbocycles. The molecular weight excluding hydrogens is 385 g/mol. The Morgan fingerprint density at radius 2 is 2.15 bits per heavy atom. The second-order valence-electron chi connectivity index (χ2n) is 7.71. The molecular formula is C20H33Cl2N3O2. The molecule has 0 radical (unpaired) electrons. The van der Waals surface area contributed by atoms with Gasteiger partial charge in [-0.1, -0.05) is 25.0 Å². The highest BCUT2D eigenvalue weighted by Crippen LogP contribution is 2.43.